The first-order valence-corrected chi connectivity index (χ1v) is 20.4. The smallest absolute Gasteiger partial charge is 0.119 e. The van der Waals surface area contributed by atoms with Crippen LogP contribution in [0, 0.1) is 0 Å². The molecule has 0 aliphatic heterocycles. The Kier molecular flexibility index (Phi) is 21.7. The SMILES string of the molecule is C=Nc1ccc(SCc2ccc(OCCOCCOC)cc2)c2c(N)ccc(-c3ccc(OCCOCCOC)cc3)c12.COS(C)(C)O.CS. The Morgan fingerprint density at radius 2 is 1.22 bits per heavy atom. The molecule has 0 heterocycles. The molecule has 4 rings (SSSR count). The molecule has 10 nitrogen and oxygen atoms in total. The number of thiol groups is 1. The lowest BCUT2D eigenvalue weighted by atomic mass is 9.96. The van der Waals surface area contributed by atoms with Gasteiger partial charge in [-0.05, 0) is 72.1 Å². The molecule has 0 atom stereocenters. The van der Waals surface area contributed by atoms with Gasteiger partial charge in [0.15, 0.2) is 0 Å². The van der Waals surface area contributed by atoms with Crippen LogP contribution in [0.25, 0.3) is 21.9 Å². The largest absolute Gasteiger partial charge is 0.491 e. The van der Waals surface area contributed by atoms with Crippen molar-refractivity contribution >= 4 is 63.8 Å². The summed E-state index contributed by atoms with van der Waals surface area (Å²) in [7, 11) is 3.14. The summed E-state index contributed by atoms with van der Waals surface area (Å²) in [6.07, 6.45) is 5.01. The number of methoxy groups -OCH3 is 2. The maximum atomic E-state index is 8.69. The van der Waals surface area contributed by atoms with Gasteiger partial charge < -0.3 is 34.2 Å². The number of fused-ring (bicyclic) bond motifs is 1. The van der Waals surface area contributed by atoms with Gasteiger partial charge in [-0.2, -0.15) is 12.6 Å². The number of benzene rings is 4. The number of rotatable bonds is 20. The van der Waals surface area contributed by atoms with Crippen molar-refractivity contribution < 1.29 is 37.2 Å². The Morgan fingerprint density at radius 3 is 1.71 bits per heavy atom. The molecule has 0 saturated heterocycles. The third-order valence-corrected chi connectivity index (χ3v) is 8.99. The standard InChI is InChI=1S/C34H40N2O6S.C3H10O2S.CH4S/c1-36-31-14-15-32(43-24-25-4-8-27(9-5-25)41-22-20-39-18-16-37-2)34-30(35)13-12-29(33(31)34)26-6-10-28(11-7-26)42-23-21-40-19-17-38-3;1-5-6(2,3)4;1-2/h4-15H,1,16-24,35H2,2-3H3;4H,1-3H3;2H,1H3. The van der Waals surface area contributed by atoms with Gasteiger partial charge in [-0.15, -0.1) is 11.8 Å². The van der Waals surface area contributed by atoms with Gasteiger partial charge in [0.05, 0.1) is 52.4 Å². The zero-order chi connectivity index (χ0) is 37.5. The Balaban J connectivity index is 0.00000102. The highest BCUT2D eigenvalue weighted by molar-refractivity contribution is 8.23. The van der Waals surface area contributed by atoms with Gasteiger partial charge in [-0.25, -0.2) is 10.6 Å². The van der Waals surface area contributed by atoms with Gasteiger partial charge in [0.2, 0.25) is 0 Å². The van der Waals surface area contributed by atoms with Crippen molar-refractivity contribution in [3.8, 4) is 22.6 Å². The molecule has 0 aliphatic carbocycles. The van der Waals surface area contributed by atoms with Crippen LogP contribution in [0.15, 0.2) is 82.7 Å². The highest BCUT2D eigenvalue weighted by Gasteiger charge is 2.15. The Hall–Kier alpha value is -2.98. The van der Waals surface area contributed by atoms with Crippen molar-refractivity contribution in [3.05, 3.63) is 78.4 Å². The molecule has 4 aromatic rings. The van der Waals surface area contributed by atoms with Gasteiger partial charge in [0.1, 0.15) is 24.7 Å². The highest BCUT2D eigenvalue weighted by Crippen LogP contribution is 2.43. The number of anilines is 1. The number of hydrogen-bond acceptors (Lipinski definition) is 12. The zero-order valence-corrected chi connectivity index (χ0v) is 33.1. The van der Waals surface area contributed by atoms with E-state index in [2.05, 4.69) is 46.7 Å². The minimum atomic E-state index is -1.66. The summed E-state index contributed by atoms with van der Waals surface area (Å²) >= 11 is 5.27. The van der Waals surface area contributed by atoms with E-state index in [-0.39, 0.29) is 0 Å². The molecule has 0 aliphatic rings. The quantitative estimate of drug-likeness (QED) is 0.0266. The fourth-order valence-corrected chi connectivity index (χ4v) is 5.51. The summed E-state index contributed by atoms with van der Waals surface area (Å²) in [5.41, 5.74) is 11.3. The van der Waals surface area contributed by atoms with E-state index in [1.54, 1.807) is 44.7 Å². The molecule has 3 N–H and O–H groups in total. The summed E-state index contributed by atoms with van der Waals surface area (Å²) in [5.74, 6) is 2.38. The number of hydrogen-bond donors (Lipinski definition) is 3. The van der Waals surface area contributed by atoms with E-state index in [0.29, 0.717) is 58.5 Å². The Labute approximate surface area is 315 Å². The van der Waals surface area contributed by atoms with E-state index < -0.39 is 10.6 Å². The van der Waals surface area contributed by atoms with Gasteiger partial charge in [0.25, 0.3) is 0 Å². The highest BCUT2D eigenvalue weighted by atomic mass is 32.3. The lowest BCUT2D eigenvalue weighted by Crippen LogP contribution is -2.09. The average Bonchev–Trinajstić information content (AvgIpc) is 3.15. The van der Waals surface area contributed by atoms with E-state index in [9.17, 15) is 0 Å². The average molecular weight is 763 g/mol. The lowest BCUT2D eigenvalue weighted by Gasteiger charge is -2.25. The minimum Gasteiger partial charge on any atom is -0.491 e. The van der Waals surface area contributed by atoms with Crippen LogP contribution in [0.1, 0.15) is 5.56 Å². The van der Waals surface area contributed by atoms with Crippen LogP contribution < -0.4 is 15.2 Å². The Morgan fingerprint density at radius 1 is 0.706 bits per heavy atom. The number of nitrogens with zero attached hydrogens (tertiary/aromatic N) is 1. The number of nitrogen functional groups attached to an aromatic ring is 1. The van der Waals surface area contributed by atoms with Crippen molar-refractivity contribution in [2.75, 3.05) is 98.7 Å². The number of aliphatic imine (C=N–C) groups is 1. The van der Waals surface area contributed by atoms with Crippen LogP contribution in [0.4, 0.5) is 11.4 Å². The second-order valence-electron chi connectivity index (χ2n) is 10.9. The second kappa shape index (κ2) is 25.1. The minimum absolute atomic E-state index is 0.471. The van der Waals surface area contributed by atoms with Gasteiger partial charge in [-0.1, -0.05) is 30.3 Å². The number of thioether (sulfide) groups is 1. The molecule has 51 heavy (non-hydrogen) atoms. The van der Waals surface area contributed by atoms with Crippen LogP contribution in [0.5, 0.6) is 11.5 Å². The third kappa shape index (κ3) is 16.1. The molecule has 0 aromatic heterocycles. The summed E-state index contributed by atoms with van der Waals surface area (Å²) in [4.78, 5) is 5.42. The molecular formula is C38H54N2O8S3. The lowest BCUT2D eigenvalue weighted by molar-refractivity contribution is 0.0544. The molecule has 0 radical (unpaired) electrons. The second-order valence-corrected chi connectivity index (χ2v) is 14.6. The molecule has 0 amide bonds. The summed E-state index contributed by atoms with van der Waals surface area (Å²) in [5, 5.41) is 1.96. The normalized spacial score (nSPS) is 11.2. The molecule has 282 valence electrons. The summed E-state index contributed by atoms with van der Waals surface area (Å²) in [6.45, 7) is 8.09. The fraction of sp³-hybridized carbons (Fsp3) is 0.395. The first-order chi connectivity index (χ1) is 24.7. The molecule has 0 fully saturated rings. The number of ether oxygens (including phenoxy) is 6. The van der Waals surface area contributed by atoms with Crippen molar-refractivity contribution in [2.45, 2.75) is 10.6 Å². The predicted octanol–water partition coefficient (Wildman–Crippen LogP) is 8.43. The monoisotopic (exact) mass is 762 g/mol. The predicted molar refractivity (Wildman–Crippen MR) is 219 cm³/mol. The van der Waals surface area contributed by atoms with Gasteiger partial charge >= 0.3 is 0 Å². The topological polar surface area (TPSA) is 123 Å². The molecular weight excluding hydrogens is 709 g/mol. The first-order valence-electron chi connectivity index (χ1n) is 16.2. The van der Waals surface area contributed by atoms with Crippen LogP contribution in [-0.4, -0.2) is 104 Å². The maximum Gasteiger partial charge on any atom is 0.119 e. The van der Waals surface area contributed by atoms with Crippen LogP contribution in [0.2, 0.25) is 0 Å². The molecule has 4 aromatic carbocycles. The van der Waals surface area contributed by atoms with Gasteiger partial charge in [0, 0.05) is 53.8 Å². The molecule has 0 unspecified atom stereocenters. The van der Waals surface area contributed by atoms with Crippen LogP contribution >= 0.6 is 35.0 Å². The first kappa shape index (κ1) is 44.2. The van der Waals surface area contributed by atoms with E-state index in [4.69, 9.17) is 38.7 Å². The molecule has 0 saturated carbocycles. The van der Waals surface area contributed by atoms with Crippen LogP contribution in [-0.2, 0) is 28.9 Å². The zero-order valence-electron chi connectivity index (χ0n) is 30.6. The van der Waals surface area contributed by atoms with Crippen molar-refractivity contribution in [2.24, 2.45) is 4.99 Å². The molecule has 0 bridgehead atoms. The van der Waals surface area contributed by atoms with Crippen LogP contribution in [0.3, 0.4) is 0 Å². The Bertz CT molecular complexity index is 1550. The van der Waals surface area contributed by atoms with Crippen molar-refractivity contribution in [3.63, 3.8) is 0 Å². The molecule has 13 heteroatoms. The van der Waals surface area contributed by atoms with E-state index >= 15 is 0 Å². The van der Waals surface area contributed by atoms with Crippen molar-refractivity contribution in [1.82, 2.24) is 0 Å². The van der Waals surface area contributed by atoms with Gasteiger partial charge in [-0.3, -0.25) is 13.7 Å². The van der Waals surface area contributed by atoms with E-state index in [0.717, 1.165) is 49.7 Å². The third-order valence-electron chi connectivity index (χ3n) is 7.05. The number of nitrogens with two attached hydrogens (primary N) is 1. The van der Waals surface area contributed by atoms with E-state index in [1.165, 1.54) is 12.7 Å². The molecule has 0 spiro atoms. The summed E-state index contributed by atoms with van der Waals surface area (Å²) < 4.78 is 45.8. The maximum absolute atomic E-state index is 8.69. The van der Waals surface area contributed by atoms with Crippen molar-refractivity contribution in [1.29, 1.82) is 0 Å². The van der Waals surface area contributed by atoms with E-state index in [1.807, 2.05) is 54.6 Å². The fourth-order valence-electron chi connectivity index (χ4n) is 4.46. The summed E-state index contributed by atoms with van der Waals surface area (Å²) in [6, 6.07) is 24.3.